The van der Waals surface area contributed by atoms with Gasteiger partial charge in [-0.05, 0) is 55.2 Å². The van der Waals surface area contributed by atoms with Crippen molar-refractivity contribution in [1.29, 1.82) is 0 Å². The number of fused-ring (bicyclic) bond motifs is 1. The molecular weight excluding hydrogens is 398 g/mol. The van der Waals surface area contributed by atoms with Crippen molar-refractivity contribution < 1.29 is 21.6 Å². The van der Waals surface area contributed by atoms with E-state index >= 15 is 0 Å². The fourth-order valence-electron chi connectivity index (χ4n) is 3.89. The quantitative estimate of drug-likeness (QED) is 0.761. The van der Waals surface area contributed by atoms with Crippen LogP contribution in [0.5, 0.6) is 0 Å². The van der Waals surface area contributed by atoms with Crippen molar-refractivity contribution in [3.8, 4) is 0 Å². The van der Waals surface area contributed by atoms with Gasteiger partial charge >= 0.3 is 0 Å². The molecule has 1 atom stereocenters. The molecule has 0 aliphatic carbocycles. The summed E-state index contributed by atoms with van der Waals surface area (Å²) in [6.07, 6.45) is 1.93. The number of aryl methyl sites for hydroxylation is 1. The third kappa shape index (κ3) is 3.46. The van der Waals surface area contributed by atoms with Crippen molar-refractivity contribution in [3.05, 3.63) is 59.7 Å². The number of benzene rings is 2. The Balaban J connectivity index is 1.58. The maximum atomic E-state index is 13.0. The second-order valence-electron chi connectivity index (χ2n) is 7.28. The SMILES string of the molecule is O=C(c1ccc(S(=O)(=O)[C@@H]2CCS(=O)(=O)C2)cc1)N1CCCc2ccccc21. The van der Waals surface area contributed by atoms with Gasteiger partial charge in [-0.15, -0.1) is 0 Å². The minimum Gasteiger partial charge on any atom is -0.308 e. The molecule has 1 amide bonds. The lowest BCUT2D eigenvalue weighted by Gasteiger charge is -2.29. The van der Waals surface area contributed by atoms with Gasteiger partial charge in [0.2, 0.25) is 0 Å². The normalized spacial score (nSPS) is 21.3. The van der Waals surface area contributed by atoms with E-state index in [2.05, 4.69) is 0 Å². The zero-order chi connectivity index (χ0) is 19.9. The predicted molar refractivity (Wildman–Crippen MR) is 107 cm³/mol. The summed E-state index contributed by atoms with van der Waals surface area (Å²) in [6, 6.07) is 13.6. The summed E-state index contributed by atoms with van der Waals surface area (Å²) in [6.45, 7) is 0.621. The van der Waals surface area contributed by atoms with Crippen LogP contribution in [0.1, 0.15) is 28.8 Å². The van der Waals surface area contributed by atoms with E-state index in [1.807, 2.05) is 24.3 Å². The summed E-state index contributed by atoms with van der Waals surface area (Å²) in [5.41, 5.74) is 2.44. The first-order valence-corrected chi connectivity index (χ1v) is 12.6. The first-order valence-electron chi connectivity index (χ1n) is 9.22. The molecule has 0 unspecified atom stereocenters. The molecule has 0 radical (unpaired) electrons. The molecule has 0 bridgehead atoms. The van der Waals surface area contributed by atoms with Crippen molar-refractivity contribution in [3.63, 3.8) is 0 Å². The molecule has 2 aromatic carbocycles. The second-order valence-corrected chi connectivity index (χ2v) is 11.7. The van der Waals surface area contributed by atoms with E-state index < -0.39 is 24.9 Å². The molecule has 0 spiro atoms. The van der Waals surface area contributed by atoms with E-state index in [0.717, 1.165) is 24.1 Å². The zero-order valence-corrected chi connectivity index (χ0v) is 16.9. The Labute approximate surface area is 165 Å². The molecule has 2 aromatic rings. The molecular formula is C20H21NO5S2. The molecule has 148 valence electrons. The molecule has 6 nitrogen and oxygen atoms in total. The molecule has 4 rings (SSSR count). The molecule has 1 fully saturated rings. The minimum absolute atomic E-state index is 0.0604. The van der Waals surface area contributed by atoms with Crippen LogP contribution in [0.15, 0.2) is 53.4 Å². The van der Waals surface area contributed by atoms with Crippen LogP contribution in [0, 0.1) is 0 Å². The van der Waals surface area contributed by atoms with Crippen LogP contribution >= 0.6 is 0 Å². The van der Waals surface area contributed by atoms with Gasteiger partial charge in [-0.3, -0.25) is 4.79 Å². The van der Waals surface area contributed by atoms with Gasteiger partial charge in [-0.1, -0.05) is 18.2 Å². The topological polar surface area (TPSA) is 88.6 Å². The van der Waals surface area contributed by atoms with Gasteiger partial charge in [0, 0.05) is 17.8 Å². The number of carbonyl (C=O) groups is 1. The van der Waals surface area contributed by atoms with Gasteiger partial charge in [0.1, 0.15) is 0 Å². The first kappa shape index (κ1) is 19.1. The van der Waals surface area contributed by atoms with Crippen LogP contribution in [0.4, 0.5) is 5.69 Å². The number of carbonyl (C=O) groups excluding carboxylic acids is 1. The highest BCUT2D eigenvalue weighted by molar-refractivity contribution is 7.96. The molecule has 2 aliphatic heterocycles. The number of nitrogens with zero attached hydrogens (tertiary/aromatic N) is 1. The van der Waals surface area contributed by atoms with Crippen molar-refractivity contribution in [1.82, 2.24) is 0 Å². The predicted octanol–water partition coefficient (Wildman–Crippen LogP) is 2.24. The Morgan fingerprint density at radius 1 is 1.04 bits per heavy atom. The van der Waals surface area contributed by atoms with Gasteiger partial charge in [0.25, 0.3) is 5.91 Å². The molecule has 0 aromatic heterocycles. The van der Waals surface area contributed by atoms with E-state index in [4.69, 9.17) is 0 Å². The van der Waals surface area contributed by atoms with Crippen molar-refractivity contribution in [2.75, 3.05) is 23.0 Å². The molecule has 0 N–H and O–H groups in total. The van der Waals surface area contributed by atoms with Crippen molar-refractivity contribution in [2.24, 2.45) is 0 Å². The Kier molecular flexibility index (Phi) is 4.79. The Bertz CT molecular complexity index is 1120. The summed E-state index contributed by atoms with van der Waals surface area (Å²) in [4.78, 5) is 14.8. The van der Waals surface area contributed by atoms with Gasteiger partial charge in [0.05, 0.1) is 21.7 Å². The lowest BCUT2D eigenvalue weighted by Crippen LogP contribution is -2.35. The standard InChI is InChI=1S/C20H21NO5S2/c22-20(21-12-3-5-15-4-1-2-6-19(15)21)16-7-9-17(10-8-16)28(25,26)18-11-13-27(23,24)14-18/h1-2,4,6-10,18H,3,5,11-14H2/t18-/m1/s1. The van der Waals surface area contributed by atoms with Crippen molar-refractivity contribution in [2.45, 2.75) is 29.4 Å². The summed E-state index contributed by atoms with van der Waals surface area (Å²) in [7, 11) is -7.02. The lowest BCUT2D eigenvalue weighted by molar-refractivity contribution is 0.0985. The van der Waals surface area contributed by atoms with Crippen LogP contribution in [0.2, 0.25) is 0 Å². The number of hydrogen-bond donors (Lipinski definition) is 0. The van der Waals surface area contributed by atoms with E-state index in [0.29, 0.717) is 12.1 Å². The Morgan fingerprint density at radius 3 is 2.43 bits per heavy atom. The second kappa shape index (κ2) is 7.00. The fraction of sp³-hybridized carbons (Fsp3) is 0.350. The third-order valence-corrected chi connectivity index (χ3v) is 9.60. The van der Waals surface area contributed by atoms with E-state index in [9.17, 15) is 21.6 Å². The summed E-state index contributed by atoms with van der Waals surface area (Å²) in [5.74, 6) is -0.595. The van der Waals surface area contributed by atoms with E-state index in [1.54, 1.807) is 4.90 Å². The highest BCUT2D eigenvalue weighted by atomic mass is 32.2. The van der Waals surface area contributed by atoms with Crippen LogP contribution in [0.3, 0.4) is 0 Å². The number of sulfone groups is 2. The Hall–Kier alpha value is -2.19. The number of amides is 1. The lowest BCUT2D eigenvalue weighted by atomic mass is 10.0. The average molecular weight is 420 g/mol. The molecule has 0 saturated carbocycles. The number of hydrogen-bond acceptors (Lipinski definition) is 5. The molecule has 8 heteroatoms. The van der Waals surface area contributed by atoms with Gasteiger partial charge in [-0.25, -0.2) is 16.8 Å². The van der Waals surface area contributed by atoms with Crippen LogP contribution in [-0.2, 0) is 26.1 Å². The smallest absolute Gasteiger partial charge is 0.258 e. The molecule has 1 saturated heterocycles. The Morgan fingerprint density at radius 2 is 1.75 bits per heavy atom. The summed E-state index contributed by atoms with van der Waals surface area (Å²) in [5, 5.41) is -0.909. The molecule has 28 heavy (non-hydrogen) atoms. The maximum absolute atomic E-state index is 13.0. The van der Waals surface area contributed by atoms with Crippen molar-refractivity contribution >= 4 is 31.3 Å². The summed E-state index contributed by atoms with van der Waals surface area (Å²) < 4.78 is 48.7. The third-order valence-electron chi connectivity index (χ3n) is 5.41. The van der Waals surface area contributed by atoms with Crippen LogP contribution in [0.25, 0.3) is 0 Å². The van der Waals surface area contributed by atoms with Crippen LogP contribution < -0.4 is 4.90 Å². The molecule has 2 aliphatic rings. The fourth-order valence-corrected chi connectivity index (χ4v) is 8.25. The maximum Gasteiger partial charge on any atom is 0.258 e. The van der Waals surface area contributed by atoms with E-state index in [-0.39, 0.29) is 28.7 Å². The van der Waals surface area contributed by atoms with Gasteiger partial charge in [-0.2, -0.15) is 0 Å². The number of anilines is 1. The highest BCUT2D eigenvalue weighted by Gasteiger charge is 2.38. The monoisotopic (exact) mass is 419 g/mol. The van der Waals surface area contributed by atoms with Gasteiger partial charge < -0.3 is 4.90 Å². The molecule has 2 heterocycles. The van der Waals surface area contributed by atoms with Crippen LogP contribution in [-0.4, -0.2) is 46.0 Å². The first-order chi connectivity index (χ1) is 13.3. The summed E-state index contributed by atoms with van der Waals surface area (Å²) >= 11 is 0. The largest absolute Gasteiger partial charge is 0.308 e. The number of para-hydroxylation sites is 1. The van der Waals surface area contributed by atoms with Gasteiger partial charge in [0.15, 0.2) is 19.7 Å². The van der Waals surface area contributed by atoms with E-state index in [1.165, 1.54) is 24.3 Å². The highest BCUT2D eigenvalue weighted by Crippen LogP contribution is 2.29. The number of rotatable bonds is 3. The average Bonchev–Trinajstić information content (AvgIpc) is 3.07. The minimum atomic E-state index is -3.73. The zero-order valence-electron chi connectivity index (χ0n) is 15.2.